The van der Waals surface area contributed by atoms with E-state index in [4.69, 9.17) is 0 Å². The normalized spacial score (nSPS) is 17.5. The fourth-order valence-corrected chi connectivity index (χ4v) is 3.24. The van der Waals surface area contributed by atoms with Gasteiger partial charge in [-0.05, 0) is 49.5 Å². The number of nitrogens with zero attached hydrogens (tertiary/aromatic N) is 1. The smallest absolute Gasteiger partial charge is 0.222 e. The highest BCUT2D eigenvalue weighted by Gasteiger charge is 2.13. The molecule has 1 aliphatic carbocycles. The summed E-state index contributed by atoms with van der Waals surface area (Å²) in [6, 6.07) is 6.71. The molecular weight excluding hydrogens is 370 g/mol. The molecule has 0 spiro atoms. The summed E-state index contributed by atoms with van der Waals surface area (Å²) in [7, 11) is 0. The highest BCUT2D eigenvalue weighted by Crippen LogP contribution is 2.14. The van der Waals surface area contributed by atoms with Gasteiger partial charge in [0, 0.05) is 38.2 Å². The minimum absolute atomic E-state index is 0.0919. The minimum atomic E-state index is -0.213. The molecule has 0 atom stereocenters. The molecule has 0 bridgehead atoms. The van der Waals surface area contributed by atoms with Crippen LogP contribution in [0.3, 0.4) is 0 Å². The zero-order valence-electron chi connectivity index (χ0n) is 17.3. The number of nitrogens with one attached hydrogen (secondary N) is 1. The summed E-state index contributed by atoms with van der Waals surface area (Å²) < 4.78 is 27.4. The Morgan fingerprint density at radius 1 is 1.17 bits per heavy atom. The first kappa shape index (κ1) is 22.9. The molecule has 0 aromatic heterocycles. The van der Waals surface area contributed by atoms with Crippen molar-refractivity contribution in [1.29, 1.82) is 0 Å². The van der Waals surface area contributed by atoms with Gasteiger partial charge in [-0.15, -0.1) is 0 Å². The highest BCUT2D eigenvalue weighted by atomic mass is 19.1. The maximum Gasteiger partial charge on any atom is 0.222 e. The van der Waals surface area contributed by atoms with E-state index in [0.29, 0.717) is 50.9 Å². The number of unbranched alkanes of at least 4 members (excludes halogenated alkanes) is 1. The van der Waals surface area contributed by atoms with E-state index >= 15 is 0 Å². The molecule has 2 rings (SSSR count). The van der Waals surface area contributed by atoms with E-state index in [1.165, 1.54) is 6.07 Å². The molecule has 158 valence electrons. The van der Waals surface area contributed by atoms with E-state index in [9.17, 15) is 13.6 Å². The SMILES string of the molecule is CCCCN(CCN/C1=C/C=CC/C=C(/F)C1)C(=O)CCCc1ccccc1F. The van der Waals surface area contributed by atoms with E-state index in [1.807, 2.05) is 29.2 Å². The molecule has 29 heavy (non-hydrogen) atoms. The van der Waals surface area contributed by atoms with E-state index in [0.717, 1.165) is 18.5 Å². The van der Waals surface area contributed by atoms with Crippen LogP contribution in [0.5, 0.6) is 0 Å². The Bertz CT molecular complexity index is 740. The van der Waals surface area contributed by atoms with Crippen molar-refractivity contribution in [2.45, 2.75) is 51.9 Å². The van der Waals surface area contributed by atoms with Crippen molar-refractivity contribution in [1.82, 2.24) is 10.2 Å². The summed E-state index contributed by atoms with van der Waals surface area (Å²) in [6.07, 6.45) is 11.7. The molecule has 1 aromatic carbocycles. The van der Waals surface area contributed by atoms with Crippen molar-refractivity contribution >= 4 is 5.91 Å². The van der Waals surface area contributed by atoms with Gasteiger partial charge in [-0.3, -0.25) is 4.79 Å². The predicted molar refractivity (Wildman–Crippen MR) is 114 cm³/mol. The fourth-order valence-electron chi connectivity index (χ4n) is 3.24. The lowest BCUT2D eigenvalue weighted by molar-refractivity contribution is -0.131. The predicted octanol–water partition coefficient (Wildman–Crippen LogP) is 5.45. The molecule has 3 nitrogen and oxygen atoms in total. The third-order valence-corrected chi connectivity index (χ3v) is 4.93. The van der Waals surface area contributed by atoms with Gasteiger partial charge in [0.05, 0.1) is 0 Å². The van der Waals surface area contributed by atoms with Crippen LogP contribution in [0.25, 0.3) is 0 Å². The van der Waals surface area contributed by atoms with Crippen LogP contribution in [0, 0.1) is 5.82 Å². The molecular formula is C24H32F2N2O. The first-order valence-corrected chi connectivity index (χ1v) is 10.6. The summed E-state index contributed by atoms with van der Waals surface area (Å²) in [5.74, 6) is -0.260. The molecule has 0 unspecified atom stereocenters. The molecule has 0 radical (unpaired) electrons. The molecule has 1 aromatic rings. The van der Waals surface area contributed by atoms with Crippen LogP contribution in [0.1, 0.15) is 51.0 Å². The van der Waals surface area contributed by atoms with Gasteiger partial charge >= 0.3 is 0 Å². The van der Waals surface area contributed by atoms with Gasteiger partial charge in [0.1, 0.15) is 11.6 Å². The second kappa shape index (κ2) is 12.9. The number of hydrogen-bond donors (Lipinski definition) is 1. The number of carbonyl (C=O) groups is 1. The lowest BCUT2D eigenvalue weighted by Gasteiger charge is -2.23. The zero-order valence-corrected chi connectivity index (χ0v) is 17.3. The number of allylic oxidation sites excluding steroid dienone is 5. The summed E-state index contributed by atoms with van der Waals surface area (Å²) in [6.45, 7) is 3.96. The van der Waals surface area contributed by atoms with Gasteiger partial charge in [0.25, 0.3) is 0 Å². The molecule has 1 N–H and O–H groups in total. The lowest BCUT2D eigenvalue weighted by Crippen LogP contribution is -2.37. The highest BCUT2D eigenvalue weighted by molar-refractivity contribution is 5.76. The van der Waals surface area contributed by atoms with Gasteiger partial charge in [-0.2, -0.15) is 0 Å². The number of amides is 1. The average Bonchev–Trinajstić information content (AvgIpc) is 2.69. The molecule has 5 heteroatoms. The first-order chi connectivity index (χ1) is 14.1. The summed E-state index contributed by atoms with van der Waals surface area (Å²) in [4.78, 5) is 14.5. The van der Waals surface area contributed by atoms with Crippen LogP contribution in [-0.4, -0.2) is 30.4 Å². The maximum absolute atomic E-state index is 13.7. The van der Waals surface area contributed by atoms with E-state index in [2.05, 4.69) is 12.2 Å². The van der Waals surface area contributed by atoms with Gasteiger partial charge in [0.2, 0.25) is 5.91 Å². The monoisotopic (exact) mass is 402 g/mol. The molecule has 0 saturated heterocycles. The zero-order chi connectivity index (χ0) is 20.9. The molecule has 0 heterocycles. The molecule has 0 saturated carbocycles. The van der Waals surface area contributed by atoms with Crippen LogP contribution in [0.15, 0.2) is 60.1 Å². The lowest BCUT2D eigenvalue weighted by atomic mass is 10.1. The Balaban J connectivity index is 1.81. The number of benzene rings is 1. The largest absolute Gasteiger partial charge is 0.386 e. The van der Waals surface area contributed by atoms with Crippen LogP contribution < -0.4 is 5.32 Å². The fraction of sp³-hybridized carbons (Fsp3) is 0.458. The van der Waals surface area contributed by atoms with Crippen molar-refractivity contribution in [3.05, 3.63) is 71.5 Å². The minimum Gasteiger partial charge on any atom is -0.386 e. The standard InChI is InChI=1S/C24H32F2N2O/c1-2-3-17-28(18-16-27-22-13-6-4-5-12-21(25)19-22)24(29)15-9-11-20-10-7-8-14-23(20)26/h4,6-8,10,12-14,27H,2-3,5,9,11,15-19H2,1H3/b6-4?,21-12+,22-13+. The van der Waals surface area contributed by atoms with Gasteiger partial charge < -0.3 is 10.2 Å². The third-order valence-electron chi connectivity index (χ3n) is 4.93. The van der Waals surface area contributed by atoms with Crippen molar-refractivity contribution in [3.63, 3.8) is 0 Å². The Labute approximate surface area is 173 Å². The van der Waals surface area contributed by atoms with Gasteiger partial charge in [0.15, 0.2) is 0 Å². The van der Waals surface area contributed by atoms with Crippen LogP contribution in [0.2, 0.25) is 0 Å². The van der Waals surface area contributed by atoms with E-state index in [1.54, 1.807) is 18.2 Å². The van der Waals surface area contributed by atoms with Crippen molar-refractivity contribution < 1.29 is 13.6 Å². The number of hydrogen-bond acceptors (Lipinski definition) is 2. The second-order valence-electron chi connectivity index (χ2n) is 7.29. The number of halogens is 2. The van der Waals surface area contributed by atoms with E-state index in [-0.39, 0.29) is 24.0 Å². The average molecular weight is 403 g/mol. The van der Waals surface area contributed by atoms with Crippen LogP contribution >= 0.6 is 0 Å². The van der Waals surface area contributed by atoms with E-state index < -0.39 is 0 Å². The first-order valence-electron chi connectivity index (χ1n) is 10.6. The van der Waals surface area contributed by atoms with Crippen LogP contribution in [0.4, 0.5) is 8.78 Å². The Hall–Kier alpha value is -2.43. The molecule has 0 fully saturated rings. The number of carbonyl (C=O) groups excluding carboxylic acids is 1. The Morgan fingerprint density at radius 2 is 2.00 bits per heavy atom. The number of rotatable bonds is 11. The van der Waals surface area contributed by atoms with Gasteiger partial charge in [-0.1, -0.05) is 43.7 Å². The topological polar surface area (TPSA) is 32.3 Å². The molecule has 1 aliphatic rings. The summed E-state index contributed by atoms with van der Waals surface area (Å²) >= 11 is 0. The summed E-state index contributed by atoms with van der Waals surface area (Å²) in [5.41, 5.74) is 1.47. The van der Waals surface area contributed by atoms with Crippen molar-refractivity contribution in [2.24, 2.45) is 0 Å². The van der Waals surface area contributed by atoms with Crippen LogP contribution in [-0.2, 0) is 11.2 Å². The molecule has 1 amide bonds. The van der Waals surface area contributed by atoms with Crippen molar-refractivity contribution in [3.8, 4) is 0 Å². The van der Waals surface area contributed by atoms with Crippen molar-refractivity contribution in [2.75, 3.05) is 19.6 Å². The maximum atomic E-state index is 13.7. The second-order valence-corrected chi connectivity index (χ2v) is 7.29. The van der Waals surface area contributed by atoms with Gasteiger partial charge in [-0.25, -0.2) is 8.78 Å². The molecule has 0 aliphatic heterocycles. The number of aryl methyl sites for hydroxylation is 1. The third kappa shape index (κ3) is 8.63. The summed E-state index contributed by atoms with van der Waals surface area (Å²) in [5, 5.41) is 3.26. The quantitative estimate of drug-likeness (QED) is 0.533. The Morgan fingerprint density at radius 3 is 2.79 bits per heavy atom. The Kier molecular flexibility index (Phi) is 10.2.